The number of unbranched alkanes of at least 4 members (excludes halogenated alkanes) is 2. The highest BCUT2D eigenvalue weighted by Crippen LogP contribution is 2.49. The first-order chi connectivity index (χ1) is 23.4. The van der Waals surface area contributed by atoms with Gasteiger partial charge in [-0.05, 0) is 64.1 Å². The van der Waals surface area contributed by atoms with Crippen LogP contribution in [0, 0.1) is 23.5 Å². The highest BCUT2D eigenvalue weighted by Gasteiger charge is 2.31. The highest BCUT2D eigenvalue weighted by molar-refractivity contribution is 7.14. The molecule has 0 radical (unpaired) electrons. The Morgan fingerprint density at radius 1 is 0.646 bits per heavy atom. The van der Waals surface area contributed by atoms with Crippen molar-refractivity contribution in [3.63, 3.8) is 0 Å². The monoisotopic (exact) mass is 678 g/mol. The predicted octanol–water partition coefficient (Wildman–Crippen LogP) is 13.7. The van der Waals surface area contributed by atoms with Gasteiger partial charge in [-0.1, -0.05) is 115 Å². The normalized spacial score (nSPS) is 13.5. The second-order valence-corrected chi connectivity index (χ2v) is 15.4. The molecule has 7 rings (SSSR count). The van der Waals surface area contributed by atoms with E-state index in [9.17, 15) is 0 Å². The Kier molecular flexibility index (Phi) is 9.75. The predicted molar refractivity (Wildman–Crippen MR) is 202 cm³/mol. The number of hydrogen-bond donors (Lipinski definition) is 0. The molecule has 0 spiro atoms. The van der Waals surface area contributed by atoms with Crippen LogP contribution in [-0.4, -0.2) is 9.97 Å². The van der Waals surface area contributed by atoms with Crippen molar-refractivity contribution in [3.05, 3.63) is 82.1 Å². The highest BCUT2D eigenvalue weighted by atomic mass is 32.1. The summed E-state index contributed by atoms with van der Waals surface area (Å²) in [7, 11) is 0. The van der Waals surface area contributed by atoms with E-state index in [1.807, 2.05) is 12.1 Å². The average molecular weight is 679 g/mol. The van der Waals surface area contributed by atoms with Crippen LogP contribution in [0.25, 0.3) is 65.2 Å². The quantitative estimate of drug-likeness (QED) is 0.114. The number of benzene rings is 3. The van der Waals surface area contributed by atoms with Crippen LogP contribution in [0.2, 0.25) is 0 Å². The fourth-order valence-corrected chi connectivity index (χ4v) is 9.49. The maximum Gasteiger partial charge on any atom is 0.170 e. The van der Waals surface area contributed by atoms with Crippen molar-refractivity contribution in [2.45, 2.75) is 91.9 Å². The molecular weight excluding hydrogens is 635 g/mol. The molecule has 1 aliphatic rings. The molecule has 248 valence electrons. The van der Waals surface area contributed by atoms with E-state index in [4.69, 9.17) is 9.97 Å². The molecule has 48 heavy (non-hydrogen) atoms. The van der Waals surface area contributed by atoms with E-state index in [2.05, 4.69) is 74.9 Å². The van der Waals surface area contributed by atoms with E-state index >= 15 is 8.78 Å². The minimum Gasteiger partial charge on any atom is -0.243 e. The zero-order valence-electron chi connectivity index (χ0n) is 28.5. The van der Waals surface area contributed by atoms with Gasteiger partial charge in [-0.25, -0.2) is 18.7 Å². The largest absolute Gasteiger partial charge is 0.243 e. The molecule has 2 atom stereocenters. The molecule has 1 aliphatic carbocycles. The van der Waals surface area contributed by atoms with Crippen LogP contribution in [0.1, 0.15) is 90.2 Å². The Hall–Kier alpha value is -3.48. The van der Waals surface area contributed by atoms with Crippen molar-refractivity contribution in [2.24, 2.45) is 11.8 Å². The third-order valence-electron chi connectivity index (χ3n) is 10.4. The molecule has 6 aromatic rings. The summed E-state index contributed by atoms with van der Waals surface area (Å²) in [5.74, 6) is -0.512. The van der Waals surface area contributed by atoms with Crippen molar-refractivity contribution in [1.29, 1.82) is 0 Å². The van der Waals surface area contributed by atoms with Gasteiger partial charge in [0.05, 0.1) is 22.5 Å². The molecule has 3 aromatic carbocycles. The van der Waals surface area contributed by atoms with Crippen molar-refractivity contribution >= 4 is 44.5 Å². The Morgan fingerprint density at radius 3 is 1.52 bits per heavy atom. The van der Waals surface area contributed by atoms with E-state index in [0.717, 1.165) is 59.0 Å². The van der Waals surface area contributed by atoms with Gasteiger partial charge in [-0.3, -0.25) is 0 Å². The molecule has 2 unspecified atom stereocenters. The Labute approximate surface area is 291 Å². The lowest BCUT2D eigenvalue weighted by Crippen LogP contribution is -2.03. The molecular formula is C42H44F2N2S2. The second kappa shape index (κ2) is 14.2. The summed E-state index contributed by atoms with van der Waals surface area (Å²) in [6, 6.07) is 16.5. The van der Waals surface area contributed by atoms with Gasteiger partial charge in [-0.15, -0.1) is 22.7 Å². The van der Waals surface area contributed by atoms with E-state index in [1.165, 1.54) is 72.3 Å². The van der Waals surface area contributed by atoms with Crippen molar-refractivity contribution < 1.29 is 8.78 Å². The summed E-state index contributed by atoms with van der Waals surface area (Å²) >= 11 is 2.96. The SMILES string of the molecule is CCCCC(CC)Cc1csc(-c2c(F)c(F)c(-c3cc(CC(CC)CCCC)cs3)c3nc4c(nc23)-c2cccc3cccc-4c23)c1. The van der Waals surface area contributed by atoms with Gasteiger partial charge in [0.2, 0.25) is 0 Å². The first-order valence-corrected chi connectivity index (χ1v) is 19.6. The molecule has 0 saturated carbocycles. The minimum atomic E-state index is -0.837. The lowest BCUT2D eigenvalue weighted by atomic mass is 9.92. The van der Waals surface area contributed by atoms with E-state index in [0.29, 0.717) is 32.6 Å². The lowest BCUT2D eigenvalue weighted by Gasteiger charge is -2.14. The maximum atomic E-state index is 16.7. The van der Waals surface area contributed by atoms with Crippen LogP contribution in [0.3, 0.4) is 0 Å². The summed E-state index contributed by atoms with van der Waals surface area (Å²) in [5, 5.41) is 6.44. The molecule has 2 nitrogen and oxygen atoms in total. The number of rotatable bonds is 14. The standard InChI is InChI=1S/C42H44F2N2S2/c1-5-9-13-25(7-3)19-27-21-32(47-23-27)35-37(43)38(44)36(33-22-28(24-48-33)20-26(8-4)14-10-6-2)42-41(35)45-39-30-17-11-15-29-16-12-18-31(34(29)30)40(39)46-42/h11-12,15-18,21-26H,5-10,13-14,19-20H2,1-4H3. The number of hydrogen-bond acceptors (Lipinski definition) is 4. The van der Waals surface area contributed by atoms with Crippen LogP contribution >= 0.6 is 22.7 Å². The number of thiophene rings is 2. The van der Waals surface area contributed by atoms with Gasteiger partial charge in [-0.2, -0.15) is 0 Å². The van der Waals surface area contributed by atoms with Crippen LogP contribution in [0.5, 0.6) is 0 Å². The van der Waals surface area contributed by atoms with E-state index < -0.39 is 11.6 Å². The zero-order chi connectivity index (χ0) is 33.4. The fourth-order valence-electron chi connectivity index (χ4n) is 7.55. The molecule has 6 heteroatoms. The summed E-state index contributed by atoms with van der Waals surface area (Å²) in [6.07, 6.45) is 11.2. The first kappa shape index (κ1) is 33.0. The third kappa shape index (κ3) is 6.00. The van der Waals surface area contributed by atoms with E-state index in [-0.39, 0.29) is 11.1 Å². The summed E-state index contributed by atoms with van der Waals surface area (Å²) in [5.41, 5.74) is 7.15. The first-order valence-electron chi connectivity index (χ1n) is 17.9. The molecule has 0 bridgehead atoms. The van der Waals surface area contributed by atoms with Gasteiger partial charge < -0.3 is 0 Å². The van der Waals surface area contributed by atoms with Crippen molar-refractivity contribution in [3.8, 4) is 43.4 Å². The summed E-state index contributed by atoms with van der Waals surface area (Å²) < 4.78 is 33.4. The number of nitrogens with zero attached hydrogens (tertiary/aromatic N) is 2. The third-order valence-corrected chi connectivity index (χ3v) is 12.3. The average Bonchev–Trinajstić information content (AvgIpc) is 3.84. The van der Waals surface area contributed by atoms with Crippen LogP contribution in [-0.2, 0) is 12.8 Å². The molecule has 0 saturated heterocycles. The maximum absolute atomic E-state index is 16.7. The Morgan fingerprint density at radius 2 is 1.10 bits per heavy atom. The molecule has 0 N–H and O–H groups in total. The topological polar surface area (TPSA) is 25.8 Å². The number of aromatic nitrogens is 2. The molecule has 3 aromatic heterocycles. The van der Waals surface area contributed by atoms with Crippen molar-refractivity contribution in [1.82, 2.24) is 9.97 Å². The molecule has 0 aliphatic heterocycles. The van der Waals surface area contributed by atoms with E-state index in [1.54, 1.807) is 0 Å². The number of halogens is 2. The fraction of sp³-hybridized carbons (Fsp3) is 0.381. The Balaban J connectivity index is 1.40. The van der Waals surface area contributed by atoms with Gasteiger partial charge >= 0.3 is 0 Å². The lowest BCUT2D eigenvalue weighted by molar-refractivity contribution is 0.449. The van der Waals surface area contributed by atoms with Gasteiger partial charge in [0, 0.05) is 26.3 Å². The Bertz CT molecular complexity index is 1950. The van der Waals surface area contributed by atoms with Crippen molar-refractivity contribution in [2.75, 3.05) is 0 Å². The molecule has 0 amide bonds. The van der Waals surface area contributed by atoms with Crippen LogP contribution in [0.15, 0.2) is 59.3 Å². The summed E-state index contributed by atoms with van der Waals surface area (Å²) in [4.78, 5) is 11.9. The second-order valence-electron chi connectivity index (χ2n) is 13.6. The number of fused-ring (bicyclic) bond motifs is 4. The minimum absolute atomic E-state index is 0.227. The molecule has 3 heterocycles. The van der Waals surface area contributed by atoms with Gasteiger partial charge in [0.15, 0.2) is 11.6 Å². The molecule has 0 fully saturated rings. The van der Waals surface area contributed by atoms with Gasteiger partial charge in [0.1, 0.15) is 11.0 Å². The summed E-state index contributed by atoms with van der Waals surface area (Å²) in [6.45, 7) is 8.94. The van der Waals surface area contributed by atoms with Gasteiger partial charge in [0.25, 0.3) is 0 Å². The zero-order valence-corrected chi connectivity index (χ0v) is 30.1. The van der Waals surface area contributed by atoms with Crippen LogP contribution in [0.4, 0.5) is 8.78 Å². The van der Waals surface area contributed by atoms with Crippen LogP contribution < -0.4 is 0 Å². The smallest absolute Gasteiger partial charge is 0.170 e.